The third-order valence-corrected chi connectivity index (χ3v) is 1.60. The van der Waals surface area contributed by atoms with Crippen LogP contribution in [0.15, 0.2) is 0 Å². The highest BCUT2D eigenvalue weighted by Gasteiger charge is 2.16. The van der Waals surface area contributed by atoms with Gasteiger partial charge in [0.05, 0.1) is 6.61 Å². The molecule has 0 aromatic rings. The fourth-order valence-corrected chi connectivity index (χ4v) is 1.08. The molecule has 0 spiro atoms. The van der Waals surface area contributed by atoms with Crippen LogP contribution < -0.4 is 5.32 Å². The van der Waals surface area contributed by atoms with Crippen molar-refractivity contribution < 1.29 is 9.53 Å². The van der Waals surface area contributed by atoms with Crippen molar-refractivity contribution in [2.75, 3.05) is 13.2 Å². The molecule has 0 rings (SSSR count). The first kappa shape index (κ1) is 11.4. The van der Waals surface area contributed by atoms with Gasteiger partial charge in [-0.2, -0.15) is 0 Å². The molecular weight excluding hydrogens is 154 g/mol. The third-order valence-electron chi connectivity index (χ3n) is 1.60. The number of rotatable bonds is 6. The molecule has 0 heterocycles. The van der Waals surface area contributed by atoms with Crippen molar-refractivity contribution >= 4 is 5.97 Å². The molecule has 0 unspecified atom stereocenters. The Hall–Kier alpha value is -0.570. The van der Waals surface area contributed by atoms with E-state index in [1.807, 2.05) is 13.8 Å². The van der Waals surface area contributed by atoms with E-state index in [2.05, 4.69) is 12.2 Å². The van der Waals surface area contributed by atoms with Gasteiger partial charge in [0.15, 0.2) is 0 Å². The van der Waals surface area contributed by atoms with E-state index in [0.717, 1.165) is 19.4 Å². The van der Waals surface area contributed by atoms with Gasteiger partial charge in [0.25, 0.3) is 0 Å². The maximum atomic E-state index is 11.2. The summed E-state index contributed by atoms with van der Waals surface area (Å²) in [5.74, 6) is -0.124. The van der Waals surface area contributed by atoms with Gasteiger partial charge in [-0.1, -0.05) is 20.3 Å². The summed E-state index contributed by atoms with van der Waals surface area (Å²) in [5, 5.41) is 3.09. The van der Waals surface area contributed by atoms with Crippen LogP contribution in [0.4, 0.5) is 0 Å². The van der Waals surface area contributed by atoms with Gasteiger partial charge < -0.3 is 10.1 Å². The zero-order valence-corrected chi connectivity index (χ0v) is 8.22. The predicted molar refractivity (Wildman–Crippen MR) is 49.0 cm³/mol. The molecule has 0 saturated heterocycles. The smallest absolute Gasteiger partial charge is 0.323 e. The molecule has 0 aliphatic heterocycles. The lowest BCUT2D eigenvalue weighted by Gasteiger charge is -2.14. The van der Waals surface area contributed by atoms with E-state index < -0.39 is 0 Å². The first-order chi connectivity index (χ1) is 5.76. The Kier molecular flexibility index (Phi) is 6.76. The van der Waals surface area contributed by atoms with E-state index in [9.17, 15) is 4.79 Å². The Morgan fingerprint density at radius 1 is 1.42 bits per heavy atom. The molecule has 0 saturated carbocycles. The Bertz CT molecular complexity index is 120. The Morgan fingerprint density at radius 2 is 2.08 bits per heavy atom. The minimum atomic E-state index is -0.124. The van der Waals surface area contributed by atoms with Crippen LogP contribution in [0.2, 0.25) is 0 Å². The molecule has 1 atom stereocenters. The highest BCUT2D eigenvalue weighted by atomic mass is 16.5. The topological polar surface area (TPSA) is 38.3 Å². The number of likely N-dealkylation sites (N-methyl/N-ethyl adjacent to an activating group) is 1. The summed E-state index contributed by atoms with van der Waals surface area (Å²) in [7, 11) is 0. The zero-order chi connectivity index (χ0) is 9.40. The average Bonchev–Trinajstić information content (AvgIpc) is 2.04. The summed E-state index contributed by atoms with van der Waals surface area (Å²) in [6, 6.07) is -0.111. The summed E-state index contributed by atoms with van der Waals surface area (Å²) in [5.41, 5.74) is 0. The Balaban J connectivity index is 3.81. The fourth-order valence-electron chi connectivity index (χ4n) is 1.08. The summed E-state index contributed by atoms with van der Waals surface area (Å²) in [6.45, 7) is 7.15. The highest BCUT2D eigenvalue weighted by Crippen LogP contribution is 1.98. The first-order valence-corrected chi connectivity index (χ1v) is 4.66. The lowest BCUT2D eigenvalue weighted by atomic mass is 10.2. The molecular formula is C9H19NO2. The normalized spacial score (nSPS) is 12.6. The third kappa shape index (κ3) is 4.34. The SMILES string of the molecule is CCC[C@H](NCC)C(=O)OCC. The van der Waals surface area contributed by atoms with Crippen LogP contribution in [-0.2, 0) is 9.53 Å². The van der Waals surface area contributed by atoms with Crippen LogP contribution in [0.25, 0.3) is 0 Å². The fraction of sp³-hybridized carbons (Fsp3) is 0.889. The molecule has 0 bridgehead atoms. The van der Waals surface area contributed by atoms with Crippen molar-refractivity contribution in [3.8, 4) is 0 Å². The summed E-state index contributed by atoms with van der Waals surface area (Å²) >= 11 is 0. The maximum Gasteiger partial charge on any atom is 0.323 e. The minimum absolute atomic E-state index is 0.111. The zero-order valence-electron chi connectivity index (χ0n) is 8.22. The molecule has 0 radical (unpaired) electrons. The van der Waals surface area contributed by atoms with E-state index in [1.165, 1.54) is 0 Å². The first-order valence-electron chi connectivity index (χ1n) is 4.66. The van der Waals surface area contributed by atoms with Crippen LogP contribution in [0.5, 0.6) is 0 Å². The van der Waals surface area contributed by atoms with Gasteiger partial charge >= 0.3 is 5.97 Å². The summed E-state index contributed by atoms with van der Waals surface area (Å²) < 4.78 is 4.91. The molecule has 3 heteroatoms. The number of carbonyl (C=O) groups excluding carboxylic acids is 1. The Labute approximate surface area is 74.5 Å². The predicted octanol–water partition coefficient (Wildman–Crippen LogP) is 1.33. The molecule has 1 N–H and O–H groups in total. The number of hydrogen-bond acceptors (Lipinski definition) is 3. The monoisotopic (exact) mass is 173 g/mol. The average molecular weight is 173 g/mol. The van der Waals surface area contributed by atoms with Crippen molar-refractivity contribution in [2.24, 2.45) is 0 Å². The highest BCUT2D eigenvalue weighted by molar-refractivity contribution is 5.75. The van der Waals surface area contributed by atoms with Crippen LogP contribution in [0.1, 0.15) is 33.6 Å². The van der Waals surface area contributed by atoms with Gasteiger partial charge in [0.1, 0.15) is 6.04 Å². The van der Waals surface area contributed by atoms with Crippen molar-refractivity contribution in [1.82, 2.24) is 5.32 Å². The van der Waals surface area contributed by atoms with Gasteiger partial charge in [-0.3, -0.25) is 4.79 Å². The van der Waals surface area contributed by atoms with Gasteiger partial charge in [-0.05, 0) is 19.9 Å². The van der Waals surface area contributed by atoms with Crippen LogP contribution >= 0.6 is 0 Å². The number of carbonyl (C=O) groups is 1. The largest absolute Gasteiger partial charge is 0.465 e. The van der Waals surface area contributed by atoms with Crippen molar-refractivity contribution in [3.05, 3.63) is 0 Å². The molecule has 0 aliphatic rings. The van der Waals surface area contributed by atoms with Crippen molar-refractivity contribution in [1.29, 1.82) is 0 Å². The van der Waals surface area contributed by atoms with Gasteiger partial charge in [-0.25, -0.2) is 0 Å². The van der Waals surface area contributed by atoms with Gasteiger partial charge in [-0.15, -0.1) is 0 Å². The lowest BCUT2D eigenvalue weighted by molar-refractivity contribution is -0.145. The molecule has 0 aliphatic carbocycles. The minimum Gasteiger partial charge on any atom is -0.465 e. The molecule has 72 valence electrons. The van der Waals surface area contributed by atoms with Crippen LogP contribution in [0.3, 0.4) is 0 Å². The molecule has 0 fully saturated rings. The molecule has 0 aromatic carbocycles. The van der Waals surface area contributed by atoms with E-state index in [1.54, 1.807) is 0 Å². The number of esters is 1. The number of ether oxygens (including phenoxy) is 1. The van der Waals surface area contributed by atoms with Crippen LogP contribution in [-0.4, -0.2) is 25.2 Å². The molecule has 3 nitrogen and oxygen atoms in total. The van der Waals surface area contributed by atoms with Crippen molar-refractivity contribution in [3.63, 3.8) is 0 Å². The van der Waals surface area contributed by atoms with Gasteiger partial charge in [0.2, 0.25) is 0 Å². The quantitative estimate of drug-likeness (QED) is 0.616. The van der Waals surface area contributed by atoms with E-state index in [0.29, 0.717) is 6.61 Å². The van der Waals surface area contributed by atoms with Crippen molar-refractivity contribution in [2.45, 2.75) is 39.7 Å². The van der Waals surface area contributed by atoms with E-state index >= 15 is 0 Å². The number of nitrogens with one attached hydrogen (secondary N) is 1. The molecule has 0 aromatic heterocycles. The van der Waals surface area contributed by atoms with Gasteiger partial charge in [0, 0.05) is 0 Å². The standard InChI is InChI=1S/C9H19NO2/c1-4-7-8(10-5-2)9(11)12-6-3/h8,10H,4-7H2,1-3H3/t8-/m0/s1. The second-order valence-electron chi connectivity index (χ2n) is 2.65. The van der Waals surface area contributed by atoms with Crippen LogP contribution in [0, 0.1) is 0 Å². The summed E-state index contributed by atoms with van der Waals surface area (Å²) in [6.07, 6.45) is 1.85. The maximum absolute atomic E-state index is 11.2. The number of hydrogen-bond donors (Lipinski definition) is 1. The Morgan fingerprint density at radius 3 is 2.50 bits per heavy atom. The lowest BCUT2D eigenvalue weighted by Crippen LogP contribution is -2.37. The van der Waals surface area contributed by atoms with E-state index in [4.69, 9.17) is 4.74 Å². The molecule has 12 heavy (non-hydrogen) atoms. The second-order valence-corrected chi connectivity index (χ2v) is 2.65. The molecule has 0 amide bonds. The summed E-state index contributed by atoms with van der Waals surface area (Å²) in [4.78, 5) is 11.2. The van der Waals surface area contributed by atoms with E-state index in [-0.39, 0.29) is 12.0 Å². The second kappa shape index (κ2) is 7.10.